The monoisotopic (exact) mass is 302 g/mol. The van der Waals surface area contributed by atoms with Crippen LogP contribution in [0.4, 0.5) is 4.39 Å². The molecule has 0 bridgehead atoms. The predicted molar refractivity (Wildman–Crippen MR) is 82.0 cm³/mol. The van der Waals surface area contributed by atoms with Crippen molar-refractivity contribution in [1.82, 2.24) is 10.3 Å². The number of pyridine rings is 1. The Morgan fingerprint density at radius 2 is 2.05 bits per heavy atom. The second-order valence-electron chi connectivity index (χ2n) is 4.91. The average molecular weight is 302 g/mol. The van der Waals surface area contributed by atoms with E-state index in [-0.39, 0.29) is 11.7 Å². The third kappa shape index (κ3) is 4.63. The van der Waals surface area contributed by atoms with E-state index in [1.165, 1.54) is 12.1 Å². The number of carbonyl (C=O) groups is 1. The zero-order valence-corrected chi connectivity index (χ0v) is 12.5. The van der Waals surface area contributed by atoms with Crippen molar-refractivity contribution in [3.05, 3.63) is 65.7 Å². The standard InChI is InChI=1S/C17H19FN2O2/c1-22-11-10-20-17(21)16(12-15-4-2-3-9-19-15)13-5-7-14(18)8-6-13/h2-9,16H,10-12H2,1H3,(H,20,21). The Bertz CT molecular complexity index is 587. The fourth-order valence-corrected chi connectivity index (χ4v) is 2.18. The van der Waals surface area contributed by atoms with Gasteiger partial charge in [0, 0.05) is 32.0 Å². The summed E-state index contributed by atoms with van der Waals surface area (Å²) in [4.78, 5) is 16.7. The van der Waals surface area contributed by atoms with Crippen molar-refractivity contribution in [3.8, 4) is 0 Å². The zero-order valence-electron chi connectivity index (χ0n) is 12.5. The number of halogens is 1. The van der Waals surface area contributed by atoms with Crippen molar-refractivity contribution < 1.29 is 13.9 Å². The highest BCUT2D eigenvalue weighted by molar-refractivity contribution is 5.83. The number of hydrogen-bond acceptors (Lipinski definition) is 3. The van der Waals surface area contributed by atoms with Crippen molar-refractivity contribution in [1.29, 1.82) is 0 Å². The van der Waals surface area contributed by atoms with Crippen LogP contribution in [0.3, 0.4) is 0 Å². The molecule has 22 heavy (non-hydrogen) atoms. The lowest BCUT2D eigenvalue weighted by Gasteiger charge is -2.17. The van der Waals surface area contributed by atoms with E-state index in [0.717, 1.165) is 11.3 Å². The number of nitrogens with zero attached hydrogens (tertiary/aromatic N) is 1. The molecule has 0 aliphatic heterocycles. The van der Waals surface area contributed by atoms with E-state index >= 15 is 0 Å². The minimum atomic E-state index is -0.410. The fourth-order valence-electron chi connectivity index (χ4n) is 2.18. The van der Waals surface area contributed by atoms with Crippen molar-refractivity contribution in [2.24, 2.45) is 0 Å². The molecule has 0 spiro atoms. The molecule has 116 valence electrons. The van der Waals surface area contributed by atoms with E-state index in [9.17, 15) is 9.18 Å². The van der Waals surface area contributed by atoms with Crippen LogP contribution in [0.5, 0.6) is 0 Å². The smallest absolute Gasteiger partial charge is 0.228 e. The first-order valence-corrected chi connectivity index (χ1v) is 7.12. The highest BCUT2D eigenvalue weighted by Gasteiger charge is 2.21. The van der Waals surface area contributed by atoms with Crippen LogP contribution in [-0.2, 0) is 16.0 Å². The van der Waals surface area contributed by atoms with Gasteiger partial charge in [-0.3, -0.25) is 9.78 Å². The molecular weight excluding hydrogens is 283 g/mol. The summed E-state index contributed by atoms with van der Waals surface area (Å²) in [6, 6.07) is 11.6. The molecule has 0 saturated carbocycles. The number of benzene rings is 1. The number of aromatic nitrogens is 1. The van der Waals surface area contributed by atoms with Gasteiger partial charge in [0.05, 0.1) is 12.5 Å². The van der Waals surface area contributed by atoms with Crippen molar-refractivity contribution in [3.63, 3.8) is 0 Å². The number of methoxy groups -OCH3 is 1. The van der Waals surface area contributed by atoms with Crippen LogP contribution < -0.4 is 5.32 Å². The number of hydrogen-bond donors (Lipinski definition) is 1. The van der Waals surface area contributed by atoms with Crippen LogP contribution in [0.1, 0.15) is 17.2 Å². The largest absolute Gasteiger partial charge is 0.383 e. The minimum absolute atomic E-state index is 0.116. The van der Waals surface area contributed by atoms with E-state index in [1.807, 2.05) is 18.2 Å². The third-order valence-electron chi connectivity index (χ3n) is 3.33. The summed E-state index contributed by atoms with van der Waals surface area (Å²) >= 11 is 0. The topological polar surface area (TPSA) is 51.2 Å². The first-order valence-electron chi connectivity index (χ1n) is 7.12. The molecule has 0 aliphatic carbocycles. The molecule has 1 amide bonds. The van der Waals surface area contributed by atoms with Crippen LogP contribution >= 0.6 is 0 Å². The lowest BCUT2D eigenvalue weighted by Crippen LogP contribution is -2.33. The van der Waals surface area contributed by atoms with Gasteiger partial charge in [-0.05, 0) is 29.8 Å². The van der Waals surface area contributed by atoms with Gasteiger partial charge < -0.3 is 10.1 Å². The van der Waals surface area contributed by atoms with Gasteiger partial charge in [-0.25, -0.2) is 4.39 Å². The van der Waals surface area contributed by atoms with Crippen LogP contribution in [-0.4, -0.2) is 31.2 Å². The second-order valence-corrected chi connectivity index (χ2v) is 4.91. The van der Waals surface area contributed by atoms with Crippen molar-refractivity contribution in [2.45, 2.75) is 12.3 Å². The predicted octanol–water partition coefficient (Wildman–Crippen LogP) is 2.31. The van der Waals surface area contributed by atoms with Gasteiger partial charge in [-0.1, -0.05) is 18.2 Å². The molecule has 1 atom stereocenters. The molecule has 1 aromatic heterocycles. The normalized spacial score (nSPS) is 11.9. The average Bonchev–Trinajstić information content (AvgIpc) is 2.55. The lowest BCUT2D eigenvalue weighted by atomic mass is 9.93. The van der Waals surface area contributed by atoms with Crippen molar-refractivity contribution >= 4 is 5.91 Å². The van der Waals surface area contributed by atoms with Gasteiger partial charge in [0.25, 0.3) is 0 Å². The minimum Gasteiger partial charge on any atom is -0.383 e. The van der Waals surface area contributed by atoms with Gasteiger partial charge in [-0.2, -0.15) is 0 Å². The second kappa shape index (κ2) is 8.24. The van der Waals surface area contributed by atoms with Crippen LogP contribution in [0.2, 0.25) is 0 Å². The first-order chi connectivity index (χ1) is 10.7. The molecule has 5 heteroatoms. The summed E-state index contributed by atoms with van der Waals surface area (Å²) in [6.07, 6.45) is 2.16. The third-order valence-corrected chi connectivity index (χ3v) is 3.33. The van der Waals surface area contributed by atoms with Gasteiger partial charge in [0.1, 0.15) is 5.82 Å². The van der Waals surface area contributed by atoms with E-state index in [4.69, 9.17) is 4.74 Å². The molecule has 0 saturated heterocycles. The Hall–Kier alpha value is -2.27. The van der Waals surface area contributed by atoms with Crippen molar-refractivity contribution in [2.75, 3.05) is 20.3 Å². The maximum absolute atomic E-state index is 13.1. The summed E-state index contributed by atoms with van der Waals surface area (Å²) in [5, 5.41) is 2.83. The lowest BCUT2D eigenvalue weighted by molar-refractivity contribution is -0.122. The molecule has 1 aromatic carbocycles. The Morgan fingerprint density at radius 1 is 1.27 bits per heavy atom. The fraction of sp³-hybridized carbons (Fsp3) is 0.294. The zero-order chi connectivity index (χ0) is 15.8. The van der Waals surface area contributed by atoms with Gasteiger partial charge >= 0.3 is 0 Å². The molecule has 0 aliphatic rings. The highest BCUT2D eigenvalue weighted by atomic mass is 19.1. The summed E-state index contributed by atoms with van der Waals surface area (Å²) in [5.41, 5.74) is 1.58. The molecule has 0 fully saturated rings. The highest BCUT2D eigenvalue weighted by Crippen LogP contribution is 2.21. The Balaban J connectivity index is 2.16. The Labute approximate surface area is 129 Å². The summed E-state index contributed by atoms with van der Waals surface area (Å²) < 4.78 is 18.0. The molecule has 2 aromatic rings. The molecule has 1 unspecified atom stereocenters. The number of ether oxygens (including phenoxy) is 1. The van der Waals surface area contributed by atoms with E-state index < -0.39 is 5.92 Å². The van der Waals surface area contributed by atoms with E-state index in [0.29, 0.717) is 19.6 Å². The van der Waals surface area contributed by atoms with Gasteiger partial charge in [0.15, 0.2) is 0 Å². The number of amides is 1. The Morgan fingerprint density at radius 3 is 2.68 bits per heavy atom. The molecule has 1 N–H and O–H groups in total. The first kappa shape index (κ1) is 16.1. The van der Waals surface area contributed by atoms with Gasteiger partial charge in [0.2, 0.25) is 5.91 Å². The molecule has 1 heterocycles. The quantitative estimate of drug-likeness (QED) is 0.799. The number of rotatable bonds is 7. The summed E-state index contributed by atoms with van der Waals surface area (Å²) in [7, 11) is 1.58. The number of carbonyl (C=O) groups excluding carboxylic acids is 1. The Kier molecular flexibility index (Phi) is 6.03. The van der Waals surface area contributed by atoms with Crippen LogP contribution in [0.15, 0.2) is 48.7 Å². The SMILES string of the molecule is COCCNC(=O)C(Cc1ccccn1)c1ccc(F)cc1. The molecular formula is C17H19FN2O2. The maximum Gasteiger partial charge on any atom is 0.228 e. The maximum atomic E-state index is 13.1. The van der Waals surface area contributed by atoms with Crippen LogP contribution in [0.25, 0.3) is 0 Å². The summed E-state index contributed by atoms with van der Waals surface area (Å²) in [6.45, 7) is 0.890. The van der Waals surface area contributed by atoms with E-state index in [2.05, 4.69) is 10.3 Å². The van der Waals surface area contributed by atoms with Crippen LogP contribution in [0, 0.1) is 5.82 Å². The van der Waals surface area contributed by atoms with E-state index in [1.54, 1.807) is 25.4 Å². The number of nitrogens with one attached hydrogen (secondary N) is 1. The molecule has 4 nitrogen and oxygen atoms in total. The summed E-state index contributed by atoms with van der Waals surface area (Å²) in [5.74, 6) is -0.846. The molecule has 2 rings (SSSR count). The van der Waals surface area contributed by atoms with Gasteiger partial charge in [-0.15, -0.1) is 0 Å². The molecule has 0 radical (unpaired) electrons.